The molecule has 25 heavy (non-hydrogen) atoms. The molecular formula is C17H17Br2NO4S. The first-order valence-corrected chi connectivity index (χ1v) is 10.3. The summed E-state index contributed by atoms with van der Waals surface area (Å²) in [6, 6.07) is 11.3. The van der Waals surface area contributed by atoms with Gasteiger partial charge in [-0.25, -0.2) is 8.42 Å². The van der Waals surface area contributed by atoms with Crippen LogP contribution in [0.5, 0.6) is 5.75 Å². The van der Waals surface area contributed by atoms with Crippen LogP contribution < -0.4 is 10.1 Å². The van der Waals surface area contributed by atoms with E-state index in [4.69, 9.17) is 4.74 Å². The highest BCUT2D eigenvalue weighted by molar-refractivity contribution is 9.10. The molecular weight excluding hydrogens is 474 g/mol. The molecule has 0 atom stereocenters. The number of anilines is 1. The Kier molecular flexibility index (Phi) is 5.96. The van der Waals surface area contributed by atoms with Crippen LogP contribution in [-0.2, 0) is 14.6 Å². The van der Waals surface area contributed by atoms with Crippen molar-refractivity contribution in [3.8, 4) is 5.75 Å². The highest BCUT2D eigenvalue weighted by Crippen LogP contribution is 2.32. The van der Waals surface area contributed by atoms with E-state index in [1.807, 2.05) is 0 Å². The van der Waals surface area contributed by atoms with E-state index in [-0.39, 0.29) is 4.90 Å². The monoisotopic (exact) mass is 489 g/mol. The molecule has 0 heterocycles. The third-order valence-corrected chi connectivity index (χ3v) is 7.20. The average Bonchev–Trinajstić information content (AvgIpc) is 2.55. The van der Waals surface area contributed by atoms with E-state index in [0.29, 0.717) is 11.4 Å². The van der Waals surface area contributed by atoms with Gasteiger partial charge in [-0.3, -0.25) is 4.79 Å². The maximum atomic E-state index is 12.9. The largest absolute Gasteiger partial charge is 0.495 e. The van der Waals surface area contributed by atoms with Gasteiger partial charge in [-0.1, -0.05) is 31.9 Å². The van der Waals surface area contributed by atoms with E-state index >= 15 is 0 Å². The molecule has 2 aromatic rings. The van der Waals surface area contributed by atoms with Gasteiger partial charge in [-0.2, -0.15) is 0 Å². The molecule has 0 aliphatic rings. The van der Waals surface area contributed by atoms with Crippen LogP contribution in [0.2, 0.25) is 0 Å². The summed E-state index contributed by atoms with van der Waals surface area (Å²) in [5.41, 5.74) is 0.390. The van der Waals surface area contributed by atoms with Gasteiger partial charge in [-0.15, -0.1) is 0 Å². The van der Waals surface area contributed by atoms with Crippen molar-refractivity contribution >= 4 is 53.3 Å². The van der Waals surface area contributed by atoms with Gasteiger partial charge in [-0.05, 0) is 56.3 Å². The maximum absolute atomic E-state index is 12.9. The van der Waals surface area contributed by atoms with Crippen LogP contribution in [0.15, 0.2) is 56.3 Å². The van der Waals surface area contributed by atoms with Crippen molar-refractivity contribution in [3.63, 3.8) is 0 Å². The van der Waals surface area contributed by atoms with Gasteiger partial charge in [0.15, 0.2) is 9.84 Å². The summed E-state index contributed by atoms with van der Waals surface area (Å²) in [6.07, 6.45) is 0. The number of halogens is 2. The van der Waals surface area contributed by atoms with Crippen molar-refractivity contribution in [2.75, 3.05) is 12.4 Å². The molecule has 2 rings (SSSR count). The molecule has 0 spiro atoms. The molecule has 0 aliphatic carbocycles. The number of rotatable bonds is 5. The highest BCUT2D eigenvalue weighted by atomic mass is 79.9. The first-order chi connectivity index (χ1) is 11.6. The summed E-state index contributed by atoms with van der Waals surface area (Å²) in [4.78, 5) is 12.8. The van der Waals surface area contributed by atoms with Gasteiger partial charge in [0.25, 0.3) is 0 Å². The number of methoxy groups -OCH3 is 1. The van der Waals surface area contributed by atoms with Crippen molar-refractivity contribution in [2.45, 2.75) is 23.5 Å². The van der Waals surface area contributed by atoms with Crippen LogP contribution in [0.25, 0.3) is 0 Å². The van der Waals surface area contributed by atoms with E-state index in [0.717, 1.165) is 8.95 Å². The molecule has 0 radical (unpaired) electrons. The summed E-state index contributed by atoms with van der Waals surface area (Å²) >= 11 is 6.59. The SMILES string of the molecule is COc1ccc(Br)cc1NC(=O)C(C)(C)S(=O)(=O)c1ccc(Br)cc1. The van der Waals surface area contributed by atoms with Crippen molar-refractivity contribution in [2.24, 2.45) is 0 Å². The maximum Gasteiger partial charge on any atom is 0.245 e. The van der Waals surface area contributed by atoms with E-state index < -0.39 is 20.5 Å². The fourth-order valence-electron chi connectivity index (χ4n) is 2.08. The standard InChI is InChI=1S/C17H17Br2NO4S/c1-17(2,25(22,23)13-7-4-11(18)5-8-13)16(21)20-14-10-12(19)6-9-15(14)24-3/h4-10H,1-3H3,(H,20,21). The predicted octanol–water partition coefficient (Wildman–Crippen LogP) is 4.41. The number of hydrogen-bond acceptors (Lipinski definition) is 4. The molecule has 0 unspecified atom stereocenters. The highest BCUT2D eigenvalue weighted by Gasteiger charge is 2.43. The number of carbonyl (C=O) groups is 1. The van der Waals surface area contributed by atoms with Crippen LogP contribution in [0, 0.1) is 0 Å². The van der Waals surface area contributed by atoms with Crippen LogP contribution in [0.4, 0.5) is 5.69 Å². The van der Waals surface area contributed by atoms with E-state index in [1.54, 1.807) is 30.3 Å². The molecule has 0 bridgehead atoms. The van der Waals surface area contributed by atoms with Crippen molar-refractivity contribution in [1.29, 1.82) is 0 Å². The molecule has 134 valence electrons. The zero-order valence-electron chi connectivity index (χ0n) is 13.8. The van der Waals surface area contributed by atoms with Crippen molar-refractivity contribution in [1.82, 2.24) is 0 Å². The second kappa shape index (κ2) is 7.47. The zero-order valence-corrected chi connectivity index (χ0v) is 17.8. The van der Waals surface area contributed by atoms with Gasteiger partial charge in [0, 0.05) is 8.95 Å². The first kappa shape index (κ1) is 19.9. The Balaban J connectivity index is 2.37. The molecule has 0 saturated carbocycles. The quantitative estimate of drug-likeness (QED) is 0.673. The van der Waals surface area contributed by atoms with Gasteiger partial charge < -0.3 is 10.1 Å². The summed E-state index contributed by atoms with van der Waals surface area (Å²) in [7, 11) is -2.41. The third kappa shape index (κ3) is 4.07. The molecule has 1 amide bonds. The molecule has 8 heteroatoms. The van der Waals surface area contributed by atoms with Gasteiger partial charge in [0.2, 0.25) is 5.91 Å². The minimum absolute atomic E-state index is 0.0806. The predicted molar refractivity (Wildman–Crippen MR) is 105 cm³/mol. The molecule has 0 aromatic heterocycles. The van der Waals surface area contributed by atoms with Crippen LogP contribution >= 0.6 is 31.9 Å². The van der Waals surface area contributed by atoms with E-state index in [2.05, 4.69) is 37.2 Å². The molecule has 5 nitrogen and oxygen atoms in total. The lowest BCUT2D eigenvalue weighted by Gasteiger charge is -2.24. The van der Waals surface area contributed by atoms with E-state index in [1.165, 1.54) is 33.1 Å². The lowest BCUT2D eigenvalue weighted by molar-refractivity contribution is -0.117. The average molecular weight is 491 g/mol. The Morgan fingerprint density at radius 1 is 1.04 bits per heavy atom. The fraction of sp³-hybridized carbons (Fsp3) is 0.235. The fourth-order valence-corrected chi connectivity index (χ4v) is 4.09. The van der Waals surface area contributed by atoms with Gasteiger partial charge >= 0.3 is 0 Å². The second-order valence-electron chi connectivity index (χ2n) is 5.77. The minimum atomic E-state index is -3.89. The summed E-state index contributed by atoms with van der Waals surface area (Å²) in [5, 5.41) is 2.65. The summed E-state index contributed by atoms with van der Waals surface area (Å²) in [6.45, 7) is 2.76. The number of benzene rings is 2. The normalized spacial score (nSPS) is 11.9. The number of carbonyl (C=O) groups excluding carboxylic acids is 1. The lowest BCUT2D eigenvalue weighted by Crippen LogP contribution is -2.44. The number of sulfone groups is 1. The third-order valence-electron chi connectivity index (χ3n) is 3.75. The van der Waals surface area contributed by atoms with Crippen LogP contribution in [-0.4, -0.2) is 26.2 Å². The summed E-state index contributed by atoms with van der Waals surface area (Å²) < 4.78 is 30.8. The Morgan fingerprint density at radius 2 is 1.60 bits per heavy atom. The van der Waals surface area contributed by atoms with Gasteiger partial charge in [0.05, 0.1) is 17.7 Å². The molecule has 0 saturated heterocycles. The number of nitrogens with one attached hydrogen (secondary N) is 1. The zero-order chi connectivity index (χ0) is 18.8. The van der Waals surface area contributed by atoms with Crippen LogP contribution in [0.3, 0.4) is 0 Å². The number of ether oxygens (including phenoxy) is 1. The van der Waals surface area contributed by atoms with E-state index in [9.17, 15) is 13.2 Å². The molecule has 1 N–H and O–H groups in total. The molecule has 2 aromatic carbocycles. The molecule has 0 fully saturated rings. The Labute approximate surface area is 163 Å². The van der Waals surface area contributed by atoms with Crippen molar-refractivity contribution in [3.05, 3.63) is 51.4 Å². The minimum Gasteiger partial charge on any atom is -0.495 e. The number of hydrogen-bond donors (Lipinski definition) is 1. The Morgan fingerprint density at radius 3 is 2.16 bits per heavy atom. The lowest BCUT2D eigenvalue weighted by atomic mass is 10.2. The molecule has 0 aliphatic heterocycles. The second-order valence-corrected chi connectivity index (χ2v) is 10.1. The smallest absolute Gasteiger partial charge is 0.245 e. The van der Waals surface area contributed by atoms with Crippen molar-refractivity contribution < 1.29 is 17.9 Å². The first-order valence-electron chi connectivity index (χ1n) is 7.25. The Hall–Kier alpha value is -1.38. The number of amides is 1. The summed E-state index contributed by atoms with van der Waals surface area (Å²) in [5.74, 6) is -0.208. The van der Waals surface area contributed by atoms with Crippen LogP contribution in [0.1, 0.15) is 13.8 Å². The topological polar surface area (TPSA) is 72.5 Å². The Bertz CT molecular complexity index is 893. The van der Waals surface area contributed by atoms with Gasteiger partial charge in [0.1, 0.15) is 10.5 Å².